The van der Waals surface area contributed by atoms with E-state index >= 15 is 0 Å². The predicted octanol–water partition coefficient (Wildman–Crippen LogP) is 2.97. The van der Waals surface area contributed by atoms with E-state index in [0.29, 0.717) is 43.2 Å². The van der Waals surface area contributed by atoms with Gasteiger partial charge in [-0.2, -0.15) is 0 Å². The molecule has 0 radical (unpaired) electrons. The summed E-state index contributed by atoms with van der Waals surface area (Å²) >= 11 is 0. The number of benzene rings is 1. The molecule has 244 valence electrons. The Balaban J connectivity index is 0.851. The second-order valence-corrected chi connectivity index (χ2v) is 13.2. The molecular weight excluding hydrogens is 596 g/mol. The van der Waals surface area contributed by atoms with Gasteiger partial charge in [0.25, 0.3) is 0 Å². The van der Waals surface area contributed by atoms with Crippen molar-refractivity contribution < 1.29 is 14.3 Å². The Kier molecular flexibility index (Phi) is 7.95. The lowest BCUT2D eigenvalue weighted by Gasteiger charge is -2.55. The summed E-state index contributed by atoms with van der Waals surface area (Å²) in [5.41, 5.74) is 5.56. The van der Waals surface area contributed by atoms with Gasteiger partial charge in [-0.15, -0.1) is 0 Å². The van der Waals surface area contributed by atoms with Gasteiger partial charge < -0.3 is 34.9 Å². The molecule has 0 saturated carbocycles. The first-order chi connectivity index (χ1) is 23.0. The molecule has 1 aromatic carbocycles. The maximum absolute atomic E-state index is 12.9. The molecule has 4 fully saturated rings. The summed E-state index contributed by atoms with van der Waals surface area (Å²) < 4.78 is 10.9. The smallest absolute Gasteiger partial charge is 0.248 e. The summed E-state index contributed by atoms with van der Waals surface area (Å²) in [6.07, 6.45) is 7.10. The SMILES string of the molecule is C=C(CN1CC2(COC2)C1)C(=O)N[C@@H]1CCCN(c2ncc(Nc3ccc(-c4cc5c(N6CCOCC6)ncnc5[nH]4)cc3)cn2)C1. The van der Waals surface area contributed by atoms with Crippen LogP contribution in [0.2, 0.25) is 0 Å². The Morgan fingerprint density at radius 1 is 0.979 bits per heavy atom. The van der Waals surface area contributed by atoms with Gasteiger partial charge in [0.1, 0.15) is 17.8 Å². The van der Waals surface area contributed by atoms with Crippen LogP contribution in [0.25, 0.3) is 22.3 Å². The third-order valence-corrected chi connectivity index (χ3v) is 9.55. The highest BCUT2D eigenvalue weighted by atomic mass is 16.5. The monoisotopic (exact) mass is 636 g/mol. The molecule has 4 aromatic rings. The van der Waals surface area contributed by atoms with E-state index in [4.69, 9.17) is 9.47 Å². The number of nitrogens with one attached hydrogen (secondary N) is 3. The zero-order valence-electron chi connectivity index (χ0n) is 26.5. The highest BCUT2D eigenvalue weighted by Crippen LogP contribution is 2.37. The Bertz CT molecular complexity index is 1740. The lowest BCUT2D eigenvalue weighted by molar-refractivity contribution is -0.186. The van der Waals surface area contributed by atoms with E-state index in [0.717, 1.165) is 98.3 Å². The molecule has 13 nitrogen and oxygen atoms in total. The van der Waals surface area contributed by atoms with Crippen LogP contribution in [0.3, 0.4) is 0 Å². The van der Waals surface area contributed by atoms with Crippen LogP contribution in [-0.2, 0) is 14.3 Å². The molecular formula is C34H40N10O3. The minimum atomic E-state index is -0.0647. The van der Waals surface area contributed by atoms with Gasteiger partial charge in [-0.3, -0.25) is 9.69 Å². The number of morpholine rings is 1. The van der Waals surface area contributed by atoms with Gasteiger partial charge in [-0.25, -0.2) is 19.9 Å². The second kappa shape index (κ2) is 12.5. The van der Waals surface area contributed by atoms with Crippen molar-refractivity contribution in [2.24, 2.45) is 5.41 Å². The zero-order chi connectivity index (χ0) is 31.8. The summed E-state index contributed by atoms with van der Waals surface area (Å²) in [5, 5.41) is 7.61. The fourth-order valence-electron chi connectivity index (χ4n) is 7.05. The maximum atomic E-state index is 12.9. The Hall–Kier alpha value is -4.59. The average Bonchev–Trinajstić information content (AvgIpc) is 3.51. The standard InChI is InChI=1S/C34H40N10O3/c1-23(16-42-18-34(19-42)20-47-21-34)32(45)40-26-3-2-8-44(17-26)33-35-14-27(15-36-33)39-25-6-4-24(5-7-25)29-13-28-30(41-29)37-22-38-31(28)43-9-11-46-12-10-43/h4-7,13-15,22,26,39H,1-3,8-12,16-21H2,(H,40,45)(H,37,38,41)/t26-/m1/s1. The number of carbonyl (C=O) groups is 1. The molecule has 7 heterocycles. The van der Waals surface area contributed by atoms with E-state index in [1.807, 2.05) is 12.1 Å². The zero-order valence-corrected chi connectivity index (χ0v) is 26.5. The van der Waals surface area contributed by atoms with E-state index in [2.05, 4.69) is 75.0 Å². The van der Waals surface area contributed by atoms with Crippen LogP contribution in [0.1, 0.15) is 12.8 Å². The number of hydrogen-bond acceptors (Lipinski definition) is 11. The third kappa shape index (κ3) is 6.25. The number of hydrogen-bond donors (Lipinski definition) is 3. The molecule has 4 saturated heterocycles. The van der Waals surface area contributed by atoms with E-state index in [9.17, 15) is 4.79 Å². The number of aromatic amines is 1. The van der Waals surface area contributed by atoms with Gasteiger partial charge >= 0.3 is 0 Å². The third-order valence-electron chi connectivity index (χ3n) is 9.55. The lowest BCUT2D eigenvalue weighted by atomic mass is 9.78. The van der Waals surface area contributed by atoms with Crippen molar-refractivity contribution in [3.8, 4) is 11.3 Å². The average molecular weight is 637 g/mol. The largest absolute Gasteiger partial charge is 0.380 e. The number of piperidine rings is 1. The number of rotatable bonds is 9. The molecule has 4 aliphatic heterocycles. The van der Waals surface area contributed by atoms with Crippen molar-refractivity contribution in [2.75, 3.05) is 87.4 Å². The van der Waals surface area contributed by atoms with Gasteiger partial charge in [0, 0.05) is 74.2 Å². The van der Waals surface area contributed by atoms with Crippen LogP contribution in [-0.4, -0.2) is 114 Å². The van der Waals surface area contributed by atoms with Crippen molar-refractivity contribution >= 4 is 40.1 Å². The van der Waals surface area contributed by atoms with E-state index < -0.39 is 0 Å². The minimum Gasteiger partial charge on any atom is -0.380 e. The van der Waals surface area contributed by atoms with Crippen molar-refractivity contribution in [2.45, 2.75) is 18.9 Å². The number of amides is 1. The number of aromatic nitrogens is 5. The molecule has 1 atom stereocenters. The maximum Gasteiger partial charge on any atom is 0.248 e. The molecule has 3 aromatic heterocycles. The normalized spacial score (nSPS) is 20.9. The van der Waals surface area contributed by atoms with Gasteiger partial charge in [0.2, 0.25) is 11.9 Å². The molecule has 1 amide bonds. The van der Waals surface area contributed by atoms with Crippen molar-refractivity contribution in [3.63, 3.8) is 0 Å². The first-order valence-corrected chi connectivity index (χ1v) is 16.4. The number of nitrogens with zero attached hydrogens (tertiary/aromatic N) is 7. The Labute approximate surface area is 273 Å². The fraction of sp³-hybridized carbons (Fsp3) is 0.441. The summed E-state index contributed by atoms with van der Waals surface area (Å²) in [4.78, 5) is 41.3. The molecule has 4 aliphatic rings. The molecule has 3 N–H and O–H groups in total. The van der Waals surface area contributed by atoms with E-state index in [-0.39, 0.29) is 11.9 Å². The number of fused-ring (bicyclic) bond motifs is 1. The molecule has 0 unspecified atom stereocenters. The second-order valence-electron chi connectivity index (χ2n) is 13.2. The summed E-state index contributed by atoms with van der Waals surface area (Å²) in [7, 11) is 0. The number of carbonyl (C=O) groups excluding carboxylic acids is 1. The van der Waals surface area contributed by atoms with E-state index in [1.54, 1.807) is 18.7 Å². The van der Waals surface area contributed by atoms with Crippen LogP contribution in [0.5, 0.6) is 0 Å². The van der Waals surface area contributed by atoms with Crippen molar-refractivity contribution in [3.05, 3.63) is 61.2 Å². The van der Waals surface area contributed by atoms with Gasteiger partial charge in [0.15, 0.2) is 0 Å². The molecule has 47 heavy (non-hydrogen) atoms. The minimum absolute atomic E-state index is 0.0333. The van der Waals surface area contributed by atoms with Crippen LogP contribution >= 0.6 is 0 Å². The Morgan fingerprint density at radius 3 is 2.51 bits per heavy atom. The molecule has 13 heteroatoms. The van der Waals surface area contributed by atoms with Gasteiger partial charge in [-0.1, -0.05) is 18.7 Å². The van der Waals surface area contributed by atoms with Crippen LogP contribution < -0.4 is 20.4 Å². The van der Waals surface area contributed by atoms with Crippen LogP contribution in [0.4, 0.5) is 23.1 Å². The topological polar surface area (TPSA) is 137 Å². The molecule has 1 spiro atoms. The first-order valence-electron chi connectivity index (χ1n) is 16.4. The number of anilines is 4. The molecule has 8 rings (SSSR count). The summed E-state index contributed by atoms with van der Waals surface area (Å²) in [6.45, 7) is 12.9. The predicted molar refractivity (Wildman–Crippen MR) is 180 cm³/mol. The van der Waals surface area contributed by atoms with Crippen molar-refractivity contribution in [1.82, 2.24) is 35.1 Å². The fourth-order valence-corrected chi connectivity index (χ4v) is 7.05. The summed E-state index contributed by atoms with van der Waals surface area (Å²) in [5.74, 6) is 1.54. The lowest BCUT2D eigenvalue weighted by Crippen LogP contribution is -2.66. The Morgan fingerprint density at radius 2 is 1.77 bits per heavy atom. The van der Waals surface area contributed by atoms with Crippen LogP contribution in [0, 0.1) is 5.41 Å². The molecule has 0 bridgehead atoms. The van der Waals surface area contributed by atoms with Crippen LogP contribution in [0.15, 0.2) is 61.2 Å². The highest BCUT2D eigenvalue weighted by Gasteiger charge is 2.48. The van der Waals surface area contributed by atoms with Gasteiger partial charge in [0.05, 0.1) is 49.9 Å². The number of H-pyrrole nitrogens is 1. The summed E-state index contributed by atoms with van der Waals surface area (Å²) in [6, 6.07) is 10.4. The number of likely N-dealkylation sites (tertiary alicyclic amines) is 1. The van der Waals surface area contributed by atoms with Gasteiger partial charge in [-0.05, 0) is 36.6 Å². The quantitative estimate of drug-likeness (QED) is 0.234. The number of ether oxygens (including phenoxy) is 2. The first kappa shape index (κ1) is 29.8. The molecule has 0 aliphatic carbocycles. The van der Waals surface area contributed by atoms with Crippen molar-refractivity contribution in [1.29, 1.82) is 0 Å². The highest BCUT2D eigenvalue weighted by molar-refractivity contribution is 5.93. The van der Waals surface area contributed by atoms with E-state index in [1.165, 1.54) is 0 Å².